The number of benzene rings is 2. The lowest BCUT2D eigenvalue weighted by Gasteiger charge is -2.15. The average molecular weight is 744 g/mol. The summed E-state index contributed by atoms with van der Waals surface area (Å²) < 4.78 is 17.0. The van der Waals surface area contributed by atoms with Crippen LogP contribution in [0, 0.1) is 6.92 Å². The Hall–Kier alpha value is -6.47. The van der Waals surface area contributed by atoms with E-state index in [1.165, 1.54) is 19.2 Å². The van der Waals surface area contributed by atoms with Gasteiger partial charge < -0.3 is 41.1 Å². The standard InChI is InChI=1S/C35H45N13O6/c1-5-48-25(15-20(2)44-48)33(52)43-35-42-23-16-21(31(37)50)18-26(53-4)29(23)46(35)12-7-6-11-45-30-24(41-34(45)40-3)17-22(32(38)51)19-27(30)54-14-8-9-28(49)47(39)13-10-36/h6-7,15-19H,5,8-14,36,39H2,1-4H3,(H2,37,50)(H2,38,51)(H,40,41)(H,42,43,52)/b7-6+. The molecule has 4 amide bonds. The molecule has 0 radical (unpaired) electrons. The van der Waals surface area contributed by atoms with Crippen LogP contribution in [0.25, 0.3) is 22.1 Å². The van der Waals surface area contributed by atoms with Crippen molar-refractivity contribution in [1.29, 1.82) is 0 Å². The molecule has 286 valence electrons. The Bertz CT molecular complexity index is 2240. The number of methoxy groups -OCH3 is 1. The number of ether oxygens (including phenoxy) is 2. The number of amides is 4. The average Bonchev–Trinajstić information content (AvgIpc) is 3.83. The van der Waals surface area contributed by atoms with Crippen LogP contribution in [0.4, 0.5) is 11.9 Å². The molecule has 3 heterocycles. The van der Waals surface area contributed by atoms with Crippen LogP contribution in [0.5, 0.6) is 11.5 Å². The Morgan fingerprint density at radius 3 is 2.07 bits per heavy atom. The number of carbonyl (C=O) groups is 4. The van der Waals surface area contributed by atoms with Crippen molar-refractivity contribution in [3.05, 3.63) is 65.0 Å². The van der Waals surface area contributed by atoms with Gasteiger partial charge in [-0.05, 0) is 50.6 Å². The highest BCUT2D eigenvalue weighted by Crippen LogP contribution is 2.33. The summed E-state index contributed by atoms with van der Waals surface area (Å²) in [5.41, 5.74) is 20.1. The van der Waals surface area contributed by atoms with Gasteiger partial charge >= 0.3 is 0 Å². The fourth-order valence-electron chi connectivity index (χ4n) is 5.96. The van der Waals surface area contributed by atoms with Crippen LogP contribution in [0.3, 0.4) is 0 Å². The van der Waals surface area contributed by atoms with Gasteiger partial charge in [-0.15, -0.1) is 0 Å². The molecule has 54 heavy (non-hydrogen) atoms. The van der Waals surface area contributed by atoms with Crippen molar-refractivity contribution >= 4 is 57.6 Å². The Labute approximate surface area is 310 Å². The molecular weight excluding hydrogens is 698 g/mol. The molecule has 5 aromatic rings. The predicted octanol–water partition coefficient (Wildman–Crippen LogP) is 1.49. The van der Waals surface area contributed by atoms with Crippen molar-refractivity contribution < 1.29 is 28.7 Å². The number of allylic oxidation sites excluding steroid dienone is 2. The van der Waals surface area contributed by atoms with E-state index < -0.39 is 17.7 Å². The van der Waals surface area contributed by atoms with Crippen LogP contribution in [-0.2, 0) is 24.4 Å². The second-order valence-corrected chi connectivity index (χ2v) is 12.2. The Kier molecular flexibility index (Phi) is 12.1. The highest BCUT2D eigenvalue weighted by atomic mass is 16.5. The first-order valence-electron chi connectivity index (χ1n) is 17.2. The molecular formula is C35H45N13O6. The van der Waals surface area contributed by atoms with Gasteiger partial charge in [-0.25, -0.2) is 15.8 Å². The number of nitrogens with two attached hydrogens (primary N) is 4. The number of primary amides is 2. The monoisotopic (exact) mass is 743 g/mol. The highest BCUT2D eigenvalue weighted by Gasteiger charge is 2.22. The summed E-state index contributed by atoms with van der Waals surface area (Å²) >= 11 is 0. The maximum atomic E-state index is 13.5. The van der Waals surface area contributed by atoms with E-state index >= 15 is 0 Å². The van der Waals surface area contributed by atoms with E-state index in [1.807, 2.05) is 23.6 Å². The largest absolute Gasteiger partial charge is 0.494 e. The number of carbonyl (C=O) groups excluding carboxylic acids is 4. The number of aryl methyl sites for hydroxylation is 2. The highest BCUT2D eigenvalue weighted by molar-refractivity contribution is 6.04. The summed E-state index contributed by atoms with van der Waals surface area (Å²) in [6.07, 6.45) is 4.25. The molecule has 0 saturated carbocycles. The summed E-state index contributed by atoms with van der Waals surface area (Å²) in [4.78, 5) is 59.4. The molecule has 3 aromatic heterocycles. The molecule has 5 rings (SSSR count). The van der Waals surface area contributed by atoms with Gasteiger partial charge in [-0.1, -0.05) is 12.2 Å². The normalized spacial score (nSPS) is 11.4. The van der Waals surface area contributed by atoms with Gasteiger partial charge in [0.1, 0.15) is 28.2 Å². The van der Waals surface area contributed by atoms with E-state index in [0.29, 0.717) is 70.4 Å². The minimum absolute atomic E-state index is 0.140. The second-order valence-electron chi connectivity index (χ2n) is 12.2. The third-order valence-corrected chi connectivity index (χ3v) is 8.51. The van der Waals surface area contributed by atoms with Crippen molar-refractivity contribution in [1.82, 2.24) is 33.9 Å². The van der Waals surface area contributed by atoms with Crippen molar-refractivity contribution in [2.75, 3.05) is 44.5 Å². The number of hydrogen-bond donors (Lipinski definition) is 6. The fraction of sp³-hybridized carbons (Fsp3) is 0.343. The molecule has 19 nitrogen and oxygen atoms in total. The first kappa shape index (κ1) is 38.8. The number of hydrazine groups is 1. The van der Waals surface area contributed by atoms with E-state index in [-0.39, 0.29) is 55.6 Å². The molecule has 0 spiro atoms. The lowest BCUT2D eigenvalue weighted by Crippen LogP contribution is -2.40. The van der Waals surface area contributed by atoms with E-state index in [9.17, 15) is 19.2 Å². The summed E-state index contributed by atoms with van der Waals surface area (Å²) in [7, 11) is 3.18. The van der Waals surface area contributed by atoms with E-state index in [1.54, 1.807) is 41.4 Å². The molecule has 2 aromatic carbocycles. The Balaban J connectivity index is 1.46. The first-order valence-corrected chi connectivity index (χ1v) is 17.2. The number of rotatable bonds is 18. The number of hydrogen-bond acceptors (Lipinski definition) is 12. The molecule has 0 fully saturated rings. The number of imidazole rings is 2. The van der Waals surface area contributed by atoms with Crippen LogP contribution >= 0.6 is 0 Å². The van der Waals surface area contributed by atoms with Crippen LogP contribution in [0.15, 0.2) is 42.5 Å². The molecule has 0 saturated heterocycles. The lowest BCUT2D eigenvalue weighted by atomic mass is 10.1. The summed E-state index contributed by atoms with van der Waals surface area (Å²) in [6.45, 7) is 5.33. The number of nitrogens with one attached hydrogen (secondary N) is 2. The van der Waals surface area contributed by atoms with E-state index in [2.05, 4.69) is 25.7 Å². The van der Waals surface area contributed by atoms with Crippen LogP contribution in [0.2, 0.25) is 0 Å². The van der Waals surface area contributed by atoms with Gasteiger partial charge in [0.15, 0.2) is 0 Å². The van der Waals surface area contributed by atoms with Crippen LogP contribution in [-0.4, -0.2) is 91.4 Å². The van der Waals surface area contributed by atoms with Crippen molar-refractivity contribution in [2.45, 2.75) is 46.3 Å². The van der Waals surface area contributed by atoms with Crippen molar-refractivity contribution in [3.8, 4) is 11.5 Å². The SMILES string of the molecule is CCn1nc(C)cc1C(=O)Nc1nc2cc(C(N)=O)cc(OC)c2n1C/C=C/Cn1c(NC)nc2cc(C(N)=O)cc(OCCCC(=O)N(N)CCN)c21. The lowest BCUT2D eigenvalue weighted by molar-refractivity contribution is -0.131. The zero-order valence-electron chi connectivity index (χ0n) is 30.6. The van der Waals surface area contributed by atoms with Gasteiger partial charge in [0.2, 0.25) is 29.6 Å². The number of nitrogens with zero attached hydrogens (tertiary/aromatic N) is 7. The maximum absolute atomic E-state index is 13.5. The Morgan fingerprint density at radius 2 is 1.50 bits per heavy atom. The second kappa shape index (κ2) is 16.9. The smallest absolute Gasteiger partial charge is 0.276 e. The Morgan fingerprint density at radius 1 is 0.907 bits per heavy atom. The first-order chi connectivity index (χ1) is 25.9. The third kappa shape index (κ3) is 8.26. The topological polar surface area (TPSA) is 272 Å². The molecule has 0 aliphatic heterocycles. The molecule has 0 bridgehead atoms. The van der Waals surface area contributed by atoms with Crippen molar-refractivity contribution in [2.24, 2.45) is 23.0 Å². The predicted molar refractivity (Wildman–Crippen MR) is 202 cm³/mol. The molecule has 0 aliphatic rings. The molecule has 10 N–H and O–H groups in total. The fourth-order valence-corrected chi connectivity index (χ4v) is 5.96. The summed E-state index contributed by atoms with van der Waals surface area (Å²) in [5.74, 6) is 5.12. The zero-order valence-corrected chi connectivity index (χ0v) is 30.6. The molecule has 19 heteroatoms. The van der Waals surface area contributed by atoms with Crippen LogP contribution in [0.1, 0.15) is 56.7 Å². The molecule has 0 atom stereocenters. The number of aromatic nitrogens is 6. The molecule has 0 unspecified atom stereocenters. The zero-order chi connectivity index (χ0) is 39.1. The number of fused-ring (bicyclic) bond motifs is 2. The number of anilines is 2. The van der Waals surface area contributed by atoms with Gasteiger partial charge in [0, 0.05) is 57.3 Å². The van der Waals surface area contributed by atoms with Gasteiger partial charge in [-0.2, -0.15) is 5.10 Å². The van der Waals surface area contributed by atoms with Gasteiger partial charge in [0.05, 0.1) is 30.4 Å². The quantitative estimate of drug-likeness (QED) is 0.0245. The summed E-state index contributed by atoms with van der Waals surface area (Å²) in [6, 6.07) is 7.88. The maximum Gasteiger partial charge on any atom is 0.276 e. The summed E-state index contributed by atoms with van der Waals surface area (Å²) in [5, 5.41) is 11.4. The minimum atomic E-state index is -0.657. The van der Waals surface area contributed by atoms with Gasteiger partial charge in [-0.3, -0.25) is 34.2 Å². The van der Waals surface area contributed by atoms with E-state index in [0.717, 1.165) is 5.01 Å². The van der Waals surface area contributed by atoms with Crippen molar-refractivity contribution in [3.63, 3.8) is 0 Å². The van der Waals surface area contributed by atoms with Crippen LogP contribution < -0.4 is 43.2 Å². The van der Waals surface area contributed by atoms with Gasteiger partial charge in [0.25, 0.3) is 5.91 Å². The molecule has 0 aliphatic carbocycles. The minimum Gasteiger partial charge on any atom is -0.494 e. The van der Waals surface area contributed by atoms with E-state index in [4.69, 9.17) is 32.5 Å². The third-order valence-electron chi connectivity index (χ3n) is 8.51.